The average Bonchev–Trinajstić information content (AvgIpc) is 2.15. The molecule has 102 valence electrons. The van der Waals surface area contributed by atoms with E-state index < -0.39 is 30.8 Å². The van der Waals surface area contributed by atoms with Crippen molar-refractivity contribution in [3.8, 4) is 0 Å². The molecule has 3 nitrogen and oxygen atoms in total. The number of halogens is 4. The highest BCUT2D eigenvalue weighted by Crippen LogP contribution is 2.16. The molecule has 1 amide bonds. The first-order chi connectivity index (χ1) is 7.72. The number of hydrogen-bond acceptors (Lipinski definition) is 2. The second kappa shape index (κ2) is 7.20. The summed E-state index contributed by atoms with van der Waals surface area (Å²) >= 11 is 3.26. The molecule has 0 aromatic heterocycles. The van der Waals surface area contributed by atoms with E-state index in [0.717, 1.165) is 0 Å². The van der Waals surface area contributed by atoms with Crippen LogP contribution in [0.2, 0.25) is 0 Å². The Morgan fingerprint density at radius 2 is 2.00 bits per heavy atom. The second-order valence-corrected chi connectivity index (χ2v) is 4.80. The topological polar surface area (TPSA) is 38.3 Å². The van der Waals surface area contributed by atoms with Gasteiger partial charge in [0, 0.05) is 10.9 Å². The van der Waals surface area contributed by atoms with Crippen molar-refractivity contribution in [2.24, 2.45) is 0 Å². The van der Waals surface area contributed by atoms with E-state index in [0.29, 0.717) is 18.2 Å². The molecule has 17 heavy (non-hydrogen) atoms. The monoisotopic (exact) mass is 319 g/mol. The summed E-state index contributed by atoms with van der Waals surface area (Å²) in [5.41, 5.74) is -0.415. The van der Waals surface area contributed by atoms with Crippen LogP contribution in [0.25, 0.3) is 0 Å². The van der Waals surface area contributed by atoms with Gasteiger partial charge in [-0.1, -0.05) is 22.9 Å². The molecule has 0 saturated heterocycles. The molecule has 7 heteroatoms. The van der Waals surface area contributed by atoms with E-state index in [1.54, 1.807) is 0 Å². The van der Waals surface area contributed by atoms with Gasteiger partial charge in [-0.05, 0) is 19.8 Å². The van der Waals surface area contributed by atoms with E-state index in [4.69, 9.17) is 0 Å². The quantitative estimate of drug-likeness (QED) is 0.733. The Balaban J connectivity index is 4.00. The van der Waals surface area contributed by atoms with Crippen molar-refractivity contribution in [3.63, 3.8) is 0 Å². The fourth-order valence-corrected chi connectivity index (χ4v) is 2.04. The van der Waals surface area contributed by atoms with E-state index in [-0.39, 0.29) is 0 Å². The Kier molecular flexibility index (Phi) is 7.08. The number of carbonyl (C=O) groups excluding carboxylic acids is 1. The number of ether oxygens (including phenoxy) is 1. The first-order valence-corrected chi connectivity index (χ1v) is 6.36. The number of carbonyl (C=O) groups is 1. The highest BCUT2D eigenvalue weighted by atomic mass is 79.9. The summed E-state index contributed by atoms with van der Waals surface area (Å²) in [4.78, 5) is 11.4. The van der Waals surface area contributed by atoms with E-state index in [2.05, 4.69) is 26.0 Å². The lowest BCUT2D eigenvalue weighted by atomic mass is 9.95. The van der Waals surface area contributed by atoms with Crippen LogP contribution < -0.4 is 5.32 Å². The summed E-state index contributed by atoms with van der Waals surface area (Å²) in [6, 6.07) is 0. The Morgan fingerprint density at radius 3 is 2.41 bits per heavy atom. The van der Waals surface area contributed by atoms with Gasteiger partial charge in [-0.25, -0.2) is 0 Å². The van der Waals surface area contributed by atoms with Gasteiger partial charge in [0.1, 0.15) is 13.2 Å². The van der Waals surface area contributed by atoms with Crippen molar-refractivity contribution in [1.82, 2.24) is 5.32 Å². The SMILES string of the molecule is CCC(C)(CCBr)NC(=O)COCC(F)(F)F. The van der Waals surface area contributed by atoms with Gasteiger partial charge in [0.05, 0.1) is 0 Å². The van der Waals surface area contributed by atoms with Gasteiger partial charge in [-0.15, -0.1) is 0 Å². The number of hydrogen-bond donors (Lipinski definition) is 1. The predicted molar refractivity (Wildman–Crippen MR) is 62.1 cm³/mol. The molecule has 0 radical (unpaired) electrons. The highest BCUT2D eigenvalue weighted by molar-refractivity contribution is 9.09. The summed E-state index contributed by atoms with van der Waals surface area (Å²) in [6.07, 6.45) is -3.00. The minimum absolute atomic E-state index is 0.415. The second-order valence-electron chi connectivity index (χ2n) is 4.01. The molecule has 0 aromatic carbocycles. The zero-order valence-corrected chi connectivity index (χ0v) is 11.4. The van der Waals surface area contributed by atoms with Crippen LogP contribution in [0, 0.1) is 0 Å². The van der Waals surface area contributed by atoms with Gasteiger partial charge < -0.3 is 10.1 Å². The molecular weight excluding hydrogens is 303 g/mol. The van der Waals surface area contributed by atoms with Gasteiger partial charge in [-0.2, -0.15) is 13.2 Å². The first-order valence-electron chi connectivity index (χ1n) is 5.24. The van der Waals surface area contributed by atoms with Crippen molar-refractivity contribution < 1.29 is 22.7 Å². The largest absolute Gasteiger partial charge is 0.411 e. The van der Waals surface area contributed by atoms with Crippen LogP contribution in [0.3, 0.4) is 0 Å². The Morgan fingerprint density at radius 1 is 1.41 bits per heavy atom. The van der Waals surface area contributed by atoms with Crippen LogP contribution in [0.5, 0.6) is 0 Å². The van der Waals surface area contributed by atoms with Crippen LogP contribution in [0.1, 0.15) is 26.7 Å². The van der Waals surface area contributed by atoms with Crippen molar-refractivity contribution >= 4 is 21.8 Å². The minimum atomic E-state index is -4.40. The molecule has 0 saturated carbocycles. The molecule has 1 atom stereocenters. The molecule has 1 N–H and O–H groups in total. The van der Waals surface area contributed by atoms with Crippen LogP contribution in [-0.2, 0) is 9.53 Å². The highest BCUT2D eigenvalue weighted by Gasteiger charge is 2.28. The van der Waals surface area contributed by atoms with Crippen LogP contribution in [-0.4, -0.2) is 36.2 Å². The van der Waals surface area contributed by atoms with Crippen molar-refractivity contribution in [1.29, 1.82) is 0 Å². The molecule has 0 spiro atoms. The van der Waals surface area contributed by atoms with Gasteiger partial charge >= 0.3 is 6.18 Å². The molecule has 0 bridgehead atoms. The molecule has 0 heterocycles. The standard InChI is InChI=1S/C10H17BrF3NO2/c1-3-9(2,4-5-11)15-8(16)6-17-7-10(12,13)14/h3-7H2,1-2H3,(H,15,16). The zero-order valence-electron chi connectivity index (χ0n) is 9.86. The maximum Gasteiger partial charge on any atom is 0.411 e. The average molecular weight is 320 g/mol. The van der Waals surface area contributed by atoms with Gasteiger partial charge in [0.2, 0.25) is 5.91 Å². The number of amides is 1. The Bertz CT molecular complexity index is 248. The van der Waals surface area contributed by atoms with E-state index in [1.165, 1.54) is 0 Å². The first kappa shape index (κ1) is 16.7. The molecular formula is C10H17BrF3NO2. The Labute approximate surface area is 107 Å². The normalized spacial score (nSPS) is 15.4. The maximum atomic E-state index is 11.8. The number of nitrogens with one attached hydrogen (secondary N) is 1. The molecule has 0 aliphatic heterocycles. The molecule has 1 unspecified atom stereocenters. The zero-order chi connectivity index (χ0) is 13.5. The number of alkyl halides is 4. The molecule has 0 fully saturated rings. The van der Waals surface area contributed by atoms with Crippen LogP contribution in [0.4, 0.5) is 13.2 Å². The fraction of sp³-hybridized carbons (Fsp3) is 0.900. The molecule has 0 aliphatic rings. The van der Waals surface area contributed by atoms with Crippen molar-refractivity contribution in [3.05, 3.63) is 0 Å². The van der Waals surface area contributed by atoms with E-state index in [9.17, 15) is 18.0 Å². The fourth-order valence-electron chi connectivity index (χ4n) is 1.17. The lowest BCUT2D eigenvalue weighted by Gasteiger charge is -2.29. The van der Waals surface area contributed by atoms with Crippen LogP contribution in [0.15, 0.2) is 0 Å². The lowest BCUT2D eigenvalue weighted by molar-refractivity contribution is -0.176. The third-order valence-corrected chi connectivity index (χ3v) is 2.76. The Hall–Kier alpha value is -0.300. The van der Waals surface area contributed by atoms with Gasteiger partial charge in [0.15, 0.2) is 0 Å². The lowest BCUT2D eigenvalue weighted by Crippen LogP contribution is -2.47. The summed E-state index contributed by atoms with van der Waals surface area (Å²) in [6.45, 7) is 1.77. The summed E-state index contributed by atoms with van der Waals surface area (Å²) in [7, 11) is 0. The van der Waals surface area contributed by atoms with Crippen molar-refractivity contribution in [2.45, 2.75) is 38.4 Å². The third-order valence-electron chi connectivity index (χ3n) is 2.37. The predicted octanol–water partition coefficient (Wildman–Crippen LogP) is 2.64. The number of rotatable bonds is 7. The van der Waals surface area contributed by atoms with Gasteiger partial charge in [-0.3, -0.25) is 4.79 Å². The minimum Gasteiger partial charge on any atom is -0.362 e. The van der Waals surface area contributed by atoms with Gasteiger partial charge in [0.25, 0.3) is 0 Å². The third kappa shape index (κ3) is 8.43. The maximum absolute atomic E-state index is 11.8. The summed E-state index contributed by atoms with van der Waals surface area (Å²) < 4.78 is 39.6. The molecule has 0 aliphatic carbocycles. The van der Waals surface area contributed by atoms with E-state index >= 15 is 0 Å². The summed E-state index contributed by atoms with van der Waals surface area (Å²) in [5, 5.41) is 3.38. The van der Waals surface area contributed by atoms with Crippen LogP contribution >= 0.6 is 15.9 Å². The smallest absolute Gasteiger partial charge is 0.362 e. The van der Waals surface area contributed by atoms with E-state index in [1.807, 2.05) is 13.8 Å². The molecule has 0 aromatic rings. The van der Waals surface area contributed by atoms with Crippen molar-refractivity contribution in [2.75, 3.05) is 18.5 Å². The molecule has 0 rings (SSSR count). The summed E-state index contributed by atoms with van der Waals surface area (Å²) in [5.74, 6) is -0.528.